The fourth-order valence-corrected chi connectivity index (χ4v) is 7.56. The summed E-state index contributed by atoms with van der Waals surface area (Å²) in [4.78, 5) is 60.0. The van der Waals surface area contributed by atoms with Crippen molar-refractivity contribution in [3.63, 3.8) is 0 Å². The fourth-order valence-electron chi connectivity index (χ4n) is 7.25. The van der Waals surface area contributed by atoms with E-state index in [9.17, 15) is 23.6 Å². The molecule has 4 aromatic rings. The van der Waals surface area contributed by atoms with E-state index < -0.39 is 108 Å². The van der Waals surface area contributed by atoms with E-state index in [0.717, 1.165) is 0 Å². The van der Waals surface area contributed by atoms with Crippen molar-refractivity contribution in [3.05, 3.63) is 75.3 Å². The minimum Gasteiger partial charge on any atom is -0.493 e. The second-order valence-electron chi connectivity index (χ2n) is 13.6. The Balaban J connectivity index is 1.01. The van der Waals surface area contributed by atoms with E-state index in [4.69, 9.17) is 43.6 Å². The Labute approximate surface area is 345 Å². The molecule has 2 N–H and O–H groups in total. The Bertz CT molecular complexity index is 2670. The van der Waals surface area contributed by atoms with Crippen LogP contribution in [-0.2, 0) is 9.59 Å². The van der Waals surface area contributed by atoms with E-state index in [0.29, 0.717) is 34.4 Å². The van der Waals surface area contributed by atoms with Gasteiger partial charge in [0.05, 0.1) is 56.8 Å². The molecule has 13 nitrogen and oxygen atoms in total. The standard InChI is InChI=1S/C39H36Cl2F3N7O6/c1-56-28-16-25-21(36(46-18-45-25)47-24-7-6-22(40)33(41)34(24)43)14-29(28)57-20-4-2-19(3-5-20)17-49-10-12-50(13-11-49)27-15-23(42)31-32(35(27)44)39(55)51(38(31)54)26-8-9-30(52)48-37(26)53/h6-7,14-16,18-20,26H,2-5,8-13,17H2,1H3,(H,45,46,47)(H,48,52,53)/i10D2,11D2,12D2,13D2. The van der Waals surface area contributed by atoms with Crippen LogP contribution in [0.3, 0.4) is 0 Å². The Morgan fingerprint density at radius 2 is 1.65 bits per heavy atom. The molecule has 2 saturated heterocycles. The van der Waals surface area contributed by atoms with Gasteiger partial charge >= 0.3 is 0 Å². The van der Waals surface area contributed by atoms with Crippen molar-refractivity contribution in [3.8, 4) is 11.5 Å². The monoisotopic (exact) mass is 833 g/mol. The van der Waals surface area contributed by atoms with Crippen LogP contribution in [0.4, 0.5) is 30.4 Å². The number of benzene rings is 3. The molecule has 3 aromatic carbocycles. The lowest BCUT2D eigenvalue weighted by Crippen LogP contribution is -2.54. The number of fused-ring (bicyclic) bond motifs is 2. The topological polar surface area (TPSA) is 146 Å². The highest BCUT2D eigenvalue weighted by Gasteiger charge is 2.48. The Morgan fingerprint density at radius 1 is 0.912 bits per heavy atom. The van der Waals surface area contributed by atoms with Gasteiger partial charge in [0.2, 0.25) is 11.8 Å². The van der Waals surface area contributed by atoms with Crippen LogP contribution in [0.2, 0.25) is 10.0 Å². The molecule has 1 atom stereocenters. The minimum atomic E-state index is -3.69. The number of carbonyl (C=O) groups is 4. The molecule has 1 aliphatic carbocycles. The second kappa shape index (κ2) is 15.6. The number of piperazine rings is 1. The SMILES string of the molecule is [2H]C1([2H])N(CC2CCC(Oc3cc4c(Nc5ccc(Cl)c(Cl)c5F)ncnc4cc3OC)CC2)C([2H])([2H])C([2H])([2H])N(c2cc(F)c3c(c2F)C(=O)N(C2CCC(=O)NC2=O)C3=O)C1([2H])[2H]. The quantitative estimate of drug-likeness (QED) is 0.146. The van der Waals surface area contributed by atoms with Crippen LogP contribution in [0.25, 0.3) is 10.9 Å². The van der Waals surface area contributed by atoms with E-state index >= 15 is 8.78 Å². The highest BCUT2D eigenvalue weighted by molar-refractivity contribution is 6.42. The number of hydrogen-bond acceptors (Lipinski definition) is 11. The number of hydrogen-bond donors (Lipinski definition) is 2. The summed E-state index contributed by atoms with van der Waals surface area (Å²) in [6.45, 7) is -14.8. The van der Waals surface area contributed by atoms with Crippen LogP contribution in [0.15, 0.2) is 36.7 Å². The third-order valence-corrected chi connectivity index (χ3v) is 10.9. The third kappa shape index (κ3) is 7.30. The number of imide groups is 2. The van der Waals surface area contributed by atoms with Crippen molar-refractivity contribution < 1.29 is 52.8 Å². The van der Waals surface area contributed by atoms with Gasteiger partial charge in [0.15, 0.2) is 23.1 Å². The Hall–Kier alpha value is -5.19. The van der Waals surface area contributed by atoms with Crippen LogP contribution < -0.4 is 25.0 Å². The molecule has 8 rings (SSSR count). The van der Waals surface area contributed by atoms with Crippen LogP contribution >= 0.6 is 23.2 Å². The van der Waals surface area contributed by atoms with Gasteiger partial charge in [-0.15, -0.1) is 0 Å². The Morgan fingerprint density at radius 3 is 2.37 bits per heavy atom. The minimum absolute atomic E-state index is 0.00844. The maximum atomic E-state index is 16.6. The van der Waals surface area contributed by atoms with E-state index in [2.05, 4.69) is 15.3 Å². The predicted molar refractivity (Wildman–Crippen MR) is 204 cm³/mol. The number of methoxy groups -OCH3 is 1. The summed E-state index contributed by atoms with van der Waals surface area (Å²) >= 11 is 11.9. The number of rotatable bonds is 9. The number of piperidine rings is 1. The van der Waals surface area contributed by atoms with Gasteiger partial charge in [0.25, 0.3) is 11.8 Å². The molecule has 3 fully saturated rings. The van der Waals surface area contributed by atoms with E-state index in [1.807, 2.05) is 5.32 Å². The molecule has 18 heteroatoms. The lowest BCUT2D eigenvalue weighted by atomic mass is 9.87. The van der Waals surface area contributed by atoms with Crippen LogP contribution in [0.1, 0.15) is 70.2 Å². The molecule has 0 radical (unpaired) electrons. The fraction of sp³-hybridized carbons (Fsp3) is 0.385. The molecule has 4 aliphatic rings. The summed E-state index contributed by atoms with van der Waals surface area (Å²) in [6, 6.07) is 4.53. The summed E-state index contributed by atoms with van der Waals surface area (Å²) in [7, 11) is 1.42. The molecule has 298 valence electrons. The second-order valence-corrected chi connectivity index (χ2v) is 14.4. The first-order valence-electron chi connectivity index (χ1n) is 21.7. The average Bonchev–Trinajstić information content (AvgIpc) is 3.51. The number of amides is 4. The van der Waals surface area contributed by atoms with Crippen molar-refractivity contribution in [2.24, 2.45) is 5.92 Å². The lowest BCUT2D eigenvalue weighted by Gasteiger charge is -2.39. The highest BCUT2D eigenvalue weighted by Crippen LogP contribution is 2.40. The Kier molecular flexibility index (Phi) is 8.22. The molecule has 57 heavy (non-hydrogen) atoms. The van der Waals surface area contributed by atoms with Gasteiger partial charge in [-0.1, -0.05) is 23.2 Å². The molecule has 0 spiro atoms. The summed E-state index contributed by atoms with van der Waals surface area (Å²) in [5.41, 5.74) is -3.44. The van der Waals surface area contributed by atoms with Gasteiger partial charge in [0.1, 0.15) is 24.0 Å². The normalized spacial score (nSPS) is 27.2. The zero-order valence-corrected chi connectivity index (χ0v) is 31.2. The highest BCUT2D eigenvalue weighted by atomic mass is 35.5. The number of anilines is 3. The van der Waals surface area contributed by atoms with Gasteiger partial charge < -0.3 is 19.7 Å². The zero-order chi connectivity index (χ0) is 47.3. The lowest BCUT2D eigenvalue weighted by molar-refractivity contribution is -0.136. The number of nitrogens with one attached hydrogen (secondary N) is 2. The van der Waals surface area contributed by atoms with Crippen molar-refractivity contribution in [2.45, 2.75) is 50.7 Å². The van der Waals surface area contributed by atoms with Crippen LogP contribution in [-0.4, -0.2) is 95.2 Å². The first-order chi connectivity index (χ1) is 30.4. The third-order valence-electron chi connectivity index (χ3n) is 10.2. The first-order valence-corrected chi connectivity index (χ1v) is 18.4. The predicted octanol–water partition coefficient (Wildman–Crippen LogP) is 6.27. The number of halogens is 5. The summed E-state index contributed by atoms with van der Waals surface area (Å²) in [6.07, 6.45) is 1.25. The van der Waals surface area contributed by atoms with Crippen molar-refractivity contribution >= 4 is 74.9 Å². The van der Waals surface area contributed by atoms with Gasteiger partial charge in [-0.3, -0.25) is 34.3 Å². The van der Waals surface area contributed by atoms with Gasteiger partial charge in [-0.2, -0.15) is 0 Å². The molecule has 3 aliphatic heterocycles. The molecular weight excluding hydrogens is 790 g/mol. The van der Waals surface area contributed by atoms with E-state index in [1.54, 1.807) is 12.1 Å². The van der Waals surface area contributed by atoms with Gasteiger partial charge in [-0.25, -0.2) is 23.1 Å². The maximum Gasteiger partial charge on any atom is 0.265 e. The molecule has 1 saturated carbocycles. The summed E-state index contributed by atoms with van der Waals surface area (Å²) < 4.78 is 131. The molecule has 4 amide bonds. The molecule has 1 aromatic heterocycles. The average molecular weight is 835 g/mol. The smallest absolute Gasteiger partial charge is 0.265 e. The van der Waals surface area contributed by atoms with Crippen molar-refractivity contribution in [1.82, 2.24) is 25.1 Å². The first kappa shape index (κ1) is 30.0. The van der Waals surface area contributed by atoms with Gasteiger partial charge in [0, 0.05) is 62.0 Å². The van der Waals surface area contributed by atoms with E-state index in [-0.39, 0.29) is 68.8 Å². The summed E-state index contributed by atoms with van der Waals surface area (Å²) in [5, 5.41) is 4.98. The molecular formula is C39H36Cl2F3N7O6. The summed E-state index contributed by atoms with van der Waals surface area (Å²) in [5.74, 6) is -8.88. The van der Waals surface area contributed by atoms with Gasteiger partial charge in [-0.05, 0) is 56.2 Å². The van der Waals surface area contributed by atoms with Crippen molar-refractivity contribution in [1.29, 1.82) is 0 Å². The number of aromatic nitrogens is 2. The van der Waals surface area contributed by atoms with Crippen LogP contribution in [0.5, 0.6) is 11.5 Å². The van der Waals surface area contributed by atoms with Crippen molar-refractivity contribution in [2.75, 3.05) is 49.9 Å². The molecule has 1 unspecified atom stereocenters. The number of carbonyl (C=O) groups excluding carboxylic acids is 4. The largest absolute Gasteiger partial charge is 0.493 e. The molecule has 0 bridgehead atoms. The van der Waals surface area contributed by atoms with E-state index in [1.165, 1.54) is 25.6 Å². The maximum absolute atomic E-state index is 16.6. The number of nitrogens with zero attached hydrogens (tertiary/aromatic N) is 5. The number of ether oxygens (including phenoxy) is 2. The zero-order valence-electron chi connectivity index (χ0n) is 37.7. The molecule has 4 heterocycles. The van der Waals surface area contributed by atoms with Crippen LogP contribution in [0, 0.1) is 23.4 Å².